The second kappa shape index (κ2) is 7.99. The van der Waals surface area contributed by atoms with E-state index in [2.05, 4.69) is 5.32 Å². The van der Waals surface area contributed by atoms with Gasteiger partial charge in [0.05, 0.1) is 11.5 Å². The van der Waals surface area contributed by atoms with Crippen LogP contribution < -0.4 is 10.1 Å². The molecule has 0 aliphatic rings. The number of hydrogen-bond donors (Lipinski definition) is 1. The summed E-state index contributed by atoms with van der Waals surface area (Å²) in [6.45, 7) is 4.66. The number of rotatable bonds is 8. The first kappa shape index (κ1) is 17.5. The Morgan fingerprint density at radius 2 is 1.86 bits per heavy atom. The third-order valence-electron chi connectivity index (χ3n) is 2.69. The van der Waals surface area contributed by atoms with E-state index in [1.54, 1.807) is 19.1 Å². The molecule has 0 radical (unpaired) electrons. The van der Waals surface area contributed by atoms with Crippen LogP contribution in [0.3, 0.4) is 0 Å². The van der Waals surface area contributed by atoms with Gasteiger partial charge in [-0.25, -0.2) is 8.42 Å². The van der Waals surface area contributed by atoms with Crippen molar-refractivity contribution in [1.29, 1.82) is 0 Å². The van der Waals surface area contributed by atoms with Gasteiger partial charge in [-0.1, -0.05) is 6.92 Å². The smallest absolute Gasteiger partial charge is 0.326 e. The van der Waals surface area contributed by atoms with Gasteiger partial charge < -0.3 is 14.8 Å². The van der Waals surface area contributed by atoms with Crippen molar-refractivity contribution < 1.29 is 22.7 Å². The van der Waals surface area contributed by atoms with Gasteiger partial charge in [0.1, 0.15) is 18.4 Å². The monoisotopic (exact) mass is 315 g/mol. The van der Waals surface area contributed by atoms with Crippen molar-refractivity contribution in [3.8, 4) is 5.75 Å². The second-order valence-electron chi connectivity index (χ2n) is 4.42. The van der Waals surface area contributed by atoms with Crippen LogP contribution in [0.1, 0.15) is 13.8 Å². The first-order valence-corrected chi connectivity index (χ1v) is 8.60. The molecule has 21 heavy (non-hydrogen) atoms. The summed E-state index contributed by atoms with van der Waals surface area (Å²) in [4.78, 5) is 11.9. The van der Waals surface area contributed by atoms with Crippen LogP contribution in [0, 0.1) is 0 Å². The predicted molar refractivity (Wildman–Crippen MR) is 79.1 cm³/mol. The van der Waals surface area contributed by atoms with E-state index in [0.29, 0.717) is 18.9 Å². The molecule has 0 bridgehead atoms. The molecule has 7 heteroatoms. The SMILES string of the molecule is CCNC(COc1ccc(S(C)(=O)=O)cc1)C(=O)OCC. The van der Waals surface area contributed by atoms with Gasteiger partial charge in [-0.05, 0) is 37.7 Å². The van der Waals surface area contributed by atoms with Gasteiger partial charge in [0.25, 0.3) is 0 Å². The van der Waals surface area contributed by atoms with Gasteiger partial charge in [-0.2, -0.15) is 0 Å². The minimum atomic E-state index is -3.22. The van der Waals surface area contributed by atoms with E-state index in [-0.39, 0.29) is 17.5 Å². The van der Waals surface area contributed by atoms with Crippen LogP contribution in [-0.4, -0.2) is 46.4 Å². The fourth-order valence-corrected chi connectivity index (χ4v) is 2.29. The average Bonchev–Trinajstić information content (AvgIpc) is 2.43. The molecule has 1 N–H and O–H groups in total. The van der Waals surface area contributed by atoms with Crippen LogP contribution in [-0.2, 0) is 19.4 Å². The summed E-state index contributed by atoms with van der Waals surface area (Å²) in [7, 11) is -3.22. The van der Waals surface area contributed by atoms with E-state index >= 15 is 0 Å². The fourth-order valence-electron chi connectivity index (χ4n) is 1.66. The summed E-state index contributed by atoms with van der Waals surface area (Å²) < 4.78 is 33.1. The maximum atomic E-state index is 11.7. The Labute approximate surface area is 125 Å². The Kier molecular flexibility index (Phi) is 6.64. The lowest BCUT2D eigenvalue weighted by Gasteiger charge is -2.17. The van der Waals surface area contributed by atoms with Crippen LogP contribution in [0.15, 0.2) is 29.2 Å². The average molecular weight is 315 g/mol. The summed E-state index contributed by atoms with van der Waals surface area (Å²) in [5.74, 6) is 0.127. The molecule has 118 valence electrons. The molecule has 0 heterocycles. The number of benzene rings is 1. The number of hydrogen-bond acceptors (Lipinski definition) is 6. The number of esters is 1. The number of sulfone groups is 1. The summed E-state index contributed by atoms with van der Waals surface area (Å²) in [5, 5.41) is 2.98. The van der Waals surface area contributed by atoms with Crippen LogP contribution in [0.4, 0.5) is 0 Å². The topological polar surface area (TPSA) is 81.7 Å². The largest absolute Gasteiger partial charge is 0.491 e. The zero-order valence-electron chi connectivity index (χ0n) is 12.5. The minimum Gasteiger partial charge on any atom is -0.491 e. The van der Waals surface area contributed by atoms with Crippen molar-refractivity contribution in [3.63, 3.8) is 0 Å². The molecule has 0 fully saturated rings. The Morgan fingerprint density at radius 1 is 1.24 bits per heavy atom. The van der Waals surface area contributed by atoms with Crippen molar-refractivity contribution in [1.82, 2.24) is 5.32 Å². The quantitative estimate of drug-likeness (QED) is 0.721. The number of ether oxygens (including phenoxy) is 2. The highest BCUT2D eigenvalue weighted by Crippen LogP contribution is 2.16. The van der Waals surface area contributed by atoms with Crippen LogP contribution in [0.2, 0.25) is 0 Å². The Morgan fingerprint density at radius 3 is 2.33 bits per heavy atom. The molecule has 1 rings (SSSR count). The third kappa shape index (κ3) is 5.73. The fraction of sp³-hybridized carbons (Fsp3) is 0.500. The van der Waals surface area contributed by atoms with Gasteiger partial charge in [-0.15, -0.1) is 0 Å². The molecule has 0 amide bonds. The van der Waals surface area contributed by atoms with Gasteiger partial charge >= 0.3 is 5.97 Å². The zero-order valence-corrected chi connectivity index (χ0v) is 13.3. The second-order valence-corrected chi connectivity index (χ2v) is 6.43. The zero-order chi connectivity index (χ0) is 15.9. The van der Waals surface area contributed by atoms with Gasteiger partial charge in [0.2, 0.25) is 0 Å². The van der Waals surface area contributed by atoms with E-state index in [9.17, 15) is 13.2 Å². The van der Waals surface area contributed by atoms with E-state index in [1.807, 2.05) is 6.92 Å². The molecule has 0 saturated carbocycles. The molecule has 1 aromatic carbocycles. The maximum absolute atomic E-state index is 11.7. The summed E-state index contributed by atoms with van der Waals surface area (Å²) in [6.07, 6.45) is 1.14. The summed E-state index contributed by atoms with van der Waals surface area (Å²) >= 11 is 0. The molecule has 0 spiro atoms. The summed E-state index contributed by atoms with van der Waals surface area (Å²) in [6, 6.07) is 5.51. The lowest BCUT2D eigenvalue weighted by Crippen LogP contribution is -2.42. The van der Waals surface area contributed by atoms with Crippen molar-refractivity contribution >= 4 is 15.8 Å². The molecule has 0 aliphatic carbocycles. The molecule has 1 atom stereocenters. The number of likely N-dealkylation sites (N-methyl/N-ethyl adjacent to an activating group) is 1. The van der Waals surface area contributed by atoms with Crippen LogP contribution in [0.25, 0.3) is 0 Å². The molecular formula is C14H21NO5S. The van der Waals surface area contributed by atoms with E-state index in [1.165, 1.54) is 12.1 Å². The van der Waals surface area contributed by atoms with Crippen molar-refractivity contribution in [2.24, 2.45) is 0 Å². The molecule has 1 aromatic rings. The van der Waals surface area contributed by atoms with Crippen molar-refractivity contribution in [2.45, 2.75) is 24.8 Å². The normalized spacial score (nSPS) is 12.7. The summed E-state index contributed by atoms with van der Waals surface area (Å²) in [5.41, 5.74) is 0. The molecule has 6 nitrogen and oxygen atoms in total. The van der Waals surface area contributed by atoms with Crippen LogP contribution in [0.5, 0.6) is 5.75 Å². The van der Waals surface area contributed by atoms with Crippen molar-refractivity contribution in [3.05, 3.63) is 24.3 Å². The highest BCUT2D eigenvalue weighted by atomic mass is 32.2. The molecular weight excluding hydrogens is 294 g/mol. The molecule has 1 unspecified atom stereocenters. The minimum absolute atomic E-state index is 0.116. The van der Waals surface area contributed by atoms with Crippen molar-refractivity contribution in [2.75, 3.05) is 26.0 Å². The van der Waals surface area contributed by atoms with Crippen LogP contribution >= 0.6 is 0 Å². The first-order valence-electron chi connectivity index (χ1n) is 6.71. The maximum Gasteiger partial charge on any atom is 0.326 e. The van der Waals surface area contributed by atoms with Gasteiger partial charge in [0, 0.05) is 6.26 Å². The lowest BCUT2D eigenvalue weighted by molar-refractivity contribution is -0.146. The highest BCUT2D eigenvalue weighted by Gasteiger charge is 2.19. The van der Waals surface area contributed by atoms with Gasteiger partial charge in [0.15, 0.2) is 9.84 Å². The molecule has 0 aromatic heterocycles. The Balaban J connectivity index is 2.65. The van der Waals surface area contributed by atoms with E-state index in [4.69, 9.17) is 9.47 Å². The first-order chi connectivity index (χ1) is 9.88. The van der Waals surface area contributed by atoms with Gasteiger partial charge in [-0.3, -0.25) is 4.79 Å². The Bertz CT molecular complexity index is 553. The number of nitrogens with one attached hydrogen (secondary N) is 1. The third-order valence-corrected chi connectivity index (χ3v) is 3.82. The molecule has 0 aliphatic heterocycles. The standard InChI is InChI=1S/C14H21NO5S/c1-4-15-13(14(16)19-5-2)10-20-11-6-8-12(9-7-11)21(3,17)18/h6-9,13,15H,4-5,10H2,1-3H3. The Hall–Kier alpha value is -1.60. The number of carbonyl (C=O) groups is 1. The molecule has 0 saturated heterocycles. The highest BCUT2D eigenvalue weighted by molar-refractivity contribution is 7.90. The predicted octanol–water partition coefficient (Wildman–Crippen LogP) is 1.01. The number of carbonyl (C=O) groups excluding carboxylic acids is 1. The lowest BCUT2D eigenvalue weighted by atomic mass is 10.3. The van der Waals surface area contributed by atoms with E-state index < -0.39 is 15.9 Å². The van der Waals surface area contributed by atoms with E-state index in [0.717, 1.165) is 6.26 Å².